The van der Waals surface area contributed by atoms with Gasteiger partial charge in [0, 0.05) is 7.11 Å². The SMILES string of the molecule is COCNc1ccccc1OC(C)C. The fourth-order valence-corrected chi connectivity index (χ4v) is 1.12. The fraction of sp³-hybridized carbons (Fsp3) is 0.455. The molecule has 0 fully saturated rings. The maximum absolute atomic E-state index is 5.62. The molecule has 0 saturated carbocycles. The normalized spacial score (nSPS) is 10.3. The maximum Gasteiger partial charge on any atom is 0.142 e. The van der Waals surface area contributed by atoms with Gasteiger partial charge in [-0.1, -0.05) is 12.1 Å². The Morgan fingerprint density at radius 2 is 2.00 bits per heavy atom. The van der Waals surface area contributed by atoms with E-state index in [4.69, 9.17) is 9.47 Å². The highest BCUT2D eigenvalue weighted by molar-refractivity contribution is 5.55. The molecule has 0 spiro atoms. The molecule has 0 aliphatic rings. The van der Waals surface area contributed by atoms with Crippen LogP contribution < -0.4 is 10.1 Å². The number of ether oxygens (including phenoxy) is 2. The van der Waals surface area contributed by atoms with Crippen molar-refractivity contribution in [3.8, 4) is 5.75 Å². The summed E-state index contributed by atoms with van der Waals surface area (Å²) in [5.74, 6) is 0.861. The van der Waals surface area contributed by atoms with Crippen molar-refractivity contribution in [2.45, 2.75) is 20.0 Å². The van der Waals surface area contributed by atoms with Gasteiger partial charge in [-0.05, 0) is 26.0 Å². The Balaban J connectivity index is 2.69. The van der Waals surface area contributed by atoms with Crippen molar-refractivity contribution in [2.24, 2.45) is 0 Å². The summed E-state index contributed by atoms with van der Waals surface area (Å²) in [4.78, 5) is 0. The summed E-state index contributed by atoms with van der Waals surface area (Å²) in [6, 6.07) is 7.83. The van der Waals surface area contributed by atoms with Gasteiger partial charge in [-0.15, -0.1) is 0 Å². The van der Waals surface area contributed by atoms with Crippen LogP contribution in [-0.4, -0.2) is 19.9 Å². The molecule has 1 aromatic rings. The van der Waals surface area contributed by atoms with Crippen LogP contribution in [0.2, 0.25) is 0 Å². The highest BCUT2D eigenvalue weighted by Crippen LogP contribution is 2.24. The molecule has 1 rings (SSSR count). The zero-order valence-corrected chi connectivity index (χ0v) is 8.91. The van der Waals surface area contributed by atoms with Crippen molar-refractivity contribution in [3.63, 3.8) is 0 Å². The minimum absolute atomic E-state index is 0.181. The second-order valence-corrected chi connectivity index (χ2v) is 3.27. The first-order valence-corrected chi connectivity index (χ1v) is 4.72. The summed E-state index contributed by atoms with van der Waals surface area (Å²) < 4.78 is 10.6. The van der Waals surface area contributed by atoms with Crippen molar-refractivity contribution >= 4 is 5.69 Å². The van der Waals surface area contributed by atoms with Gasteiger partial charge < -0.3 is 14.8 Å². The summed E-state index contributed by atoms with van der Waals surface area (Å²) in [5.41, 5.74) is 0.961. The highest BCUT2D eigenvalue weighted by Gasteiger charge is 2.03. The molecule has 0 unspecified atom stereocenters. The molecule has 0 radical (unpaired) electrons. The number of para-hydroxylation sites is 2. The van der Waals surface area contributed by atoms with Crippen LogP contribution in [0.5, 0.6) is 5.75 Å². The number of benzene rings is 1. The van der Waals surface area contributed by atoms with Crippen LogP contribution in [0.3, 0.4) is 0 Å². The second-order valence-electron chi connectivity index (χ2n) is 3.27. The summed E-state index contributed by atoms with van der Waals surface area (Å²) in [5, 5.41) is 3.12. The van der Waals surface area contributed by atoms with Gasteiger partial charge >= 0.3 is 0 Å². The lowest BCUT2D eigenvalue weighted by molar-refractivity contribution is 0.218. The zero-order valence-electron chi connectivity index (χ0n) is 8.91. The lowest BCUT2D eigenvalue weighted by Crippen LogP contribution is -2.09. The standard InChI is InChI=1S/C11H17NO2/c1-9(2)14-11-7-5-4-6-10(11)12-8-13-3/h4-7,9,12H,8H2,1-3H3. The summed E-state index contributed by atoms with van der Waals surface area (Å²) >= 11 is 0. The van der Waals surface area contributed by atoms with E-state index in [2.05, 4.69) is 5.32 Å². The van der Waals surface area contributed by atoms with Crippen LogP contribution in [0.25, 0.3) is 0 Å². The van der Waals surface area contributed by atoms with Gasteiger partial charge in [0.2, 0.25) is 0 Å². The molecule has 78 valence electrons. The third-order valence-electron chi connectivity index (χ3n) is 1.66. The molecule has 0 atom stereocenters. The summed E-state index contributed by atoms with van der Waals surface area (Å²) in [6.45, 7) is 4.50. The van der Waals surface area contributed by atoms with Crippen LogP contribution in [0.4, 0.5) is 5.69 Å². The Labute approximate surface area is 85.0 Å². The van der Waals surface area contributed by atoms with Crippen LogP contribution in [0, 0.1) is 0 Å². The molecule has 0 saturated heterocycles. The van der Waals surface area contributed by atoms with Gasteiger partial charge in [0.25, 0.3) is 0 Å². The lowest BCUT2D eigenvalue weighted by atomic mass is 10.3. The molecule has 0 amide bonds. The maximum atomic E-state index is 5.62. The number of anilines is 1. The Kier molecular flexibility index (Phi) is 4.26. The number of hydrogen-bond donors (Lipinski definition) is 1. The van der Waals surface area contributed by atoms with Crippen molar-refractivity contribution in [1.82, 2.24) is 0 Å². The van der Waals surface area contributed by atoms with E-state index < -0.39 is 0 Å². The molecule has 0 aliphatic carbocycles. The smallest absolute Gasteiger partial charge is 0.142 e. The van der Waals surface area contributed by atoms with E-state index >= 15 is 0 Å². The van der Waals surface area contributed by atoms with Crippen LogP contribution in [0.1, 0.15) is 13.8 Å². The molecule has 1 N–H and O–H groups in total. The van der Waals surface area contributed by atoms with Crippen molar-refractivity contribution in [3.05, 3.63) is 24.3 Å². The molecule has 0 heterocycles. The van der Waals surface area contributed by atoms with Gasteiger partial charge in [0.15, 0.2) is 0 Å². The van der Waals surface area contributed by atoms with Gasteiger partial charge in [0.1, 0.15) is 12.5 Å². The van der Waals surface area contributed by atoms with Gasteiger partial charge in [-0.3, -0.25) is 0 Å². The molecule has 3 nitrogen and oxygen atoms in total. The van der Waals surface area contributed by atoms with E-state index in [1.807, 2.05) is 38.1 Å². The number of rotatable bonds is 5. The molecule has 3 heteroatoms. The minimum atomic E-state index is 0.181. The quantitative estimate of drug-likeness (QED) is 0.732. The van der Waals surface area contributed by atoms with E-state index in [-0.39, 0.29) is 6.10 Å². The second kappa shape index (κ2) is 5.50. The zero-order chi connectivity index (χ0) is 10.4. The van der Waals surface area contributed by atoms with Gasteiger partial charge in [-0.25, -0.2) is 0 Å². The third-order valence-corrected chi connectivity index (χ3v) is 1.66. The molecular weight excluding hydrogens is 178 g/mol. The first-order chi connectivity index (χ1) is 6.74. The average Bonchev–Trinajstić information content (AvgIpc) is 2.16. The molecular formula is C11H17NO2. The van der Waals surface area contributed by atoms with E-state index in [1.54, 1.807) is 7.11 Å². The Bertz CT molecular complexity index is 274. The monoisotopic (exact) mass is 195 g/mol. The van der Waals surface area contributed by atoms with Crippen LogP contribution >= 0.6 is 0 Å². The van der Waals surface area contributed by atoms with Gasteiger partial charge in [-0.2, -0.15) is 0 Å². The molecule has 1 aromatic carbocycles. The predicted octanol–water partition coefficient (Wildman–Crippen LogP) is 2.49. The van der Waals surface area contributed by atoms with Gasteiger partial charge in [0.05, 0.1) is 11.8 Å². The Morgan fingerprint density at radius 1 is 1.29 bits per heavy atom. The first kappa shape index (κ1) is 10.9. The van der Waals surface area contributed by atoms with E-state index in [9.17, 15) is 0 Å². The fourth-order valence-electron chi connectivity index (χ4n) is 1.12. The molecule has 14 heavy (non-hydrogen) atoms. The van der Waals surface area contributed by atoms with Crippen LogP contribution in [-0.2, 0) is 4.74 Å². The number of nitrogens with one attached hydrogen (secondary N) is 1. The van der Waals surface area contributed by atoms with Crippen LogP contribution in [0.15, 0.2) is 24.3 Å². The third kappa shape index (κ3) is 3.26. The summed E-state index contributed by atoms with van der Waals surface area (Å²) in [7, 11) is 1.65. The first-order valence-electron chi connectivity index (χ1n) is 4.72. The largest absolute Gasteiger partial charge is 0.489 e. The van der Waals surface area contributed by atoms with E-state index in [0.717, 1.165) is 11.4 Å². The highest BCUT2D eigenvalue weighted by atomic mass is 16.5. The molecule has 0 aromatic heterocycles. The van der Waals surface area contributed by atoms with Crippen molar-refractivity contribution in [2.75, 3.05) is 19.2 Å². The predicted molar refractivity (Wildman–Crippen MR) is 57.7 cm³/mol. The number of hydrogen-bond acceptors (Lipinski definition) is 3. The summed E-state index contributed by atoms with van der Waals surface area (Å²) in [6.07, 6.45) is 0.181. The molecule has 0 aliphatic heterocycles. The molecule has 0 bridgehead atoms. The lowest BCUT2D eigenvalue weighted by Gasteiger charge is -2.14. The Hall–Kier alpha value is -1.22. The minimum Gasteiger partial charge on any atom is -0.489 e. The van der Waals surface area contributed by atoms with E-state index in [0.29, 0.717) is 6.73 Å². The Morgan fingerprint density at radius 3 is 2.64 bits per heavy atom. The van der Waals surface area contributed by atoms with Crippen molar-refractivity contribution in [1.29, 1.82) is 0 Å². The topological polar surface area (TPSA) is 30.5 Å². The van der Waals surface area contributed by atoms with Crippen molar-refractivity contribution < 1.29 is 9.47 Å². The van der Waals surface area contributed by atoms with E-state index in [1.165, 1.54) is 0 Å². The average molecular weight is 195 g/mol. The number of methoxy groups -OCH3 is 1.